The molecule has 2 N–H and O–H groups in total. The molecule has 1 heterocycles. The molecule has 2 rings (SSSR count). The van der Waals surface area contributed by atoms with Gasteiger partial charge in [-0.3, -0.25) is 0 Å². The molecule has 1 aromatic heterocycles. The van der Waals surface area contributed by atoms with Gasteiger partial charge in [0.05, 0.1) is 10.4 Å². The Morgan fingerprint density at radius 1 is 1.30 bits per heavy atom. The monoisotopic (exact) mass is 354 g/mol. The van der Waals surface area contributed by atoms with E-state index in [4.69, 9.17) is 11.6 Å². The van der Waals surface area contributed by atoms with Crippen molar-refractivity contribution in [2.24, 2.45) is 0 Å². The Bertz CT molecular complexity index is 687. The molecule has 2 amide bonds. The summed E-state index contributed by atoms with van der Waals surface area (Å²) in [7, 11) is 0. The zero-order valence-corrected chi connectivity index (χ0v) is 14.9. The van der Waals surface area contributed by atoms with Crippen molar-refractivity contribution >= 4 is 29.0 Å². The molecule has 0 aliphatic rings. The second-order valence-corrected chi connectivity index (χ2v) is 7.80. The van der Waals surface area contributed by atoms with E-state index in [-0.39, 0.29) is 17.9 Å². The van der Waals surface area contributed by atoms with E-state index in [9.17, 15) is 9.18 Å². The zero-order valence-electron chi connectivity index (χ0n) is 13.3. The third-order valence-electron chi connectivity index (χ3n) is 3.66. The summed E-state index contributed by atoms with van der Waals surface area (Å²) in [4.78, 5) is 13.0. The second-order valence-electron chi connectivity index (χ2n) is 6.05. The third-order valence-corrected chi connectivity index (χ3v) is 5.08. The fraction of sp³-hybridized carbons (Fsp3) is 0.353. The number of nitrogens with one attached hydrogen (secondary N) is 2. The topological polar surface area (TPSA) is 41.1 Å². The molecule has 1 unspecified atom stereocenters. The SMILES string of the molecule is CC(NC(=O)NCC(C)(C)c1ccccc1F)c1ccc(Cl)s1. The summed E-state index contributed by atoms with van der Waals surface area (Å²) in [5, 5.41) is 5.67. The van der Waals surface area contributed by atoms with Crippen LogP contribution in [0.4, 0.5) is 9.18 Å². The lowest BCUT2D eigenvalue weighted by molar-refractivity contribution is 0.235. The number of carbonyl (C=O) groups is 1. The molecule has 0 fully saturated rings. The van der Waals surface area contributed by atoms with Crippen molar-refractivity contribution in [2.75, 3.05) is 6.54 Å². The van der Waals surface area contributed by atoms with Gasteiger partial charge < -0.3 is 10.6 Å². The molecular formula is C17H20ClFN2OS. The summed E-state index contributed by atoms with van der Waals surface area (Å²) in [6, 6.07) is 9.90. The fourth-order valence-corrected chi connectivity index (χ4v) is 3.35. The van der Waals surface area contributed by atoms with Crippen LogP contribution >= 0.6 is 22.9 Å². The minimum atomic E-state index is -0.502. The van der Waals surface area contributed by atoms with Gasteiger partial charge in [-0.15, -0.1) is 11.3 Å². The van der Waals surface area contributed by atoms with Crippen molar-refractivity contribution in [3.8, 4) is 0 Å². The first-order chi connectivity index (χ1) is 10.8. The Morgan fingerprint density at radius 2 is 2.00 bits per heavy atom. The first kappa shape index (κ1) is 17.8. The van der Waals surface area contributed by atoms with Crippen LogP contribution in [0.1, 0.15) is 37.3 Å². The van der Waals surface area contributed by atoms with E-state index in [0.29, 0.717) is 16.4 Å². The molecular weight excluding hydrogens is 335 g/mol. The Kier molecular flexibility index (Phi) is 5.65. The predicted octanol–water partition coefficient (Wildman–Crippen LogP) is 4.88. The molecule has 0 bridgehead atoms. The number of carbonyl (C=O) groups excluding carboxylic acids is 1. The first-order valence-corrected chi connectivity index (χ1v) is 8.53. The average Bonchev–Trinajstić information content (AvgIpc) is 2.92. The van der Waals surface area contributed by atoms with Gasteiger partial charge in [0.2, 0.25) is 0 Å². The molecule has 23 heavy (non-hydrogen) atoms. The van der Waals surface area contributed by atoms with Gasteiger partial charge >= 0.3 is 6.03 Å². The molecule has 0 saturated heterocycles. The van der Waals surface area contributed by atoms with Crippen molar-refractivity contribution in [2.45, 2.75) is 32.2 Å². The molecule has 0 radical (unpaired) electrons. The van der Waals surface area contributed by atoms with E-state index in [1.54, 1.807) is 24.3 Å². The minimum absolute atomic E-state index is 0.135. The van der Waals surface area contributed by atoms with Crippen LogP contribution in [0.5, 0.6) is 0 Å². The van der Waals surface area contributed by atoms with Crippen LogP contribution in [0, 0.1) is 5.82 Å². The van der Waals surface area contributed by atoms with E-state index < -0.39 is 5.41 Å². The van der Waals surface area contributed by atoms with Crippen molar-refractivity contribution in [1.82, 2.24) is 10.6 Å². The number of thiophene rings is 1. The van der Waals surface area contributed by atoms with Gasteiger partial charge in [0.25, 0.3) is 0 Å². The summed E-state index contributed by atoms with van der Waals surface area (Å²) >= 11 is 7.33. The summed E-state index contributed by atoms with van der Waals surface area (Å²) in [5.41, 5.74) is 0.0800. The predicted molar refractivity (Wildman–Crippen MR) is 93.7 cm³/mol. The molecule has 0 spiro atoms. The highest BCUT2D eigenvalue weighted by molar-refractivity contribution is 7.16. The largest absolute Gasteiger partial charge is 0.337 e. The van der Waals surface area contributed by atoms with E-state index in [0.717, 1.165) is 4.88 Å². The van der Waals surface area contributed by atoms with Gasteiger partial charge in [-0.25, -0.2) is 9.18 Å². The molecule has 3 nitrogen and oxygen atoms in total. The Balaban J connectivity index is 1.92. The Morgan fingerprint density at radius 3 is 2.61 bits per heavy atom. The molecule has 2 aromatic rings. The van der Waals surface area contributed by atoms with Crippen LogP contribution in [-0.2, 0) is 5.41 Å². The third kappa shape index (κ3) is 4.69. The highest BCUT2D eigenvalue weighted by Gasteiger charge is 2.24. The maximum atomic E-state index is 13.9. The second kappa shape index (κ2) is 7.32. The van der Waals surface area contributed by atoms with E-state index in [1.165, 1.54) is 17.4 Å². The molecule has 1 aromatic carbocycles. The highest BCUT2D eigenvalue weighted by atomic mass is 35.5. The van der Waals surface area contributed by atoms with Gasteiger partial charge in [-0.1, -0.05) is 43.6 Å². The molecule has 0 aliphatic heterocycles. The zero-order chi connectivity index (χ0) is 17.0. The van der Waals surface area contributed by atoms with E-state index in [2.05, 4.69) is 10.6 Å². The number of rotatable bonds is 5. The van der Waals surface area contributed by atoms with Gasteiger partial charge in [0, 0.05) is 16.8 Å². The van der Waals surface area contributed by atoms with Gasteiger partial charge in [-0.05, 0) is 30.7 Å². The summed E-state index contributed by atoms with van der Waals surface area (Å²) in [6.45, 7) is 6.02. The normalized spacial score (nSPS) is 12.7. The van der Waals surface area contributed by atoms with Crippen LogP contribution in [0.2, 0.25) is 4.34 Å². The van der Waals surface area contributed by atoms with Crippen molar-refractivity contribution < 1.29 is 9.18 Å². The van der Waals surface area contributed by atoms with Crippen LogP contribution < -0.4 is 10.6 Å². The Hall–Kier alpha value is -1.59. The van der Waals surface area contributed by atoms with Gasteiger partial charge in [0.15, 0.2) is 0 Å². The van der Waals surface area contributed by atoms with E-state index >= 15 is 0 Å². The van der Waals surface area contributed by atoms with Crippen molar-refractivity contribution in [3.05, 3.63) is 57.0 Å². The molecule has 124 valence electrons. The van der Waals surface area contributed by atoms with Crippen LogP contribution in [0.25, 0.3) is 0 Å². The van der Waals surface area contributed by atoms with E-state index in [1.807, 2.05) is 26.8 Å². The molecule has 0 saturated carbocycles. The van der Waals surface area contributed by atoms with Crippen molar-refractivity contribution in [1.29, 1.82) is 0 Å². The number of benzene rings is 1. The number of urea groups is 1. The Labute approximate surface area is 144 Å². The maximum absolute atomic E-state index is 13.9. The standard InChI is InChI=1S/C17H20ClFN2OS/c1-11(14-8-9-15(18)23-14)21-16(22)20-10-17(2,3)12-6-4-5-7-13(12)19/h4-9,11H,10H2,1-3H3,(H2,20,21,22). The smallest absolute Gasteiger partial charge is 0.315 e. The molecule has 1 atom stereocenters. The van der Waals surface area contributed by atoms with Crippen molar-refractivity contribution in [3.63, 3.8) is 0 Å². The van der Waals surface area contributed by atoms with Crippen LogP contribution in [0.15, 0.2) is 36.4 Å². The number of halogens is 2. The van der Waals surface area contributed by atoms with Gasteiger partial charge in [0.1, 0.15) is 5.82 Å². The quantitative estimate of drug-likeness (QED) is 0.789. The lowest BCUT2D eigenvalue weighted by Gasteiger charge is -2.26. The number of hydrogen-bond acceptors (Lipinski definition) is 2. The summed E-state index contributed by atoms with van der Waals surface area (Å²) < 4.78 is 14.6. The number of amides is 2. The summed E-state index contributed by atoms with van der Waals surface area (Å²) in [5.74, 6) is -0.263. The summed E-state index contributed by atoms with van der Waals surface area (Å²) in [6.07, 6.45) is 0. The molecule has 0 aliphatic carbocycles. The van der Waals surface area contributed by atoms with Crippen LogP contribution in [-0.4, -0.2) is 12.6 Å². The lowest BCUT2D eigenvalue weighted by Crippen LogP contribution is -2.43. The number of hydrogen-bond donors (Lipinski definition) is 2. The average molecular weight is 355 g/mol. The van der Waals surface area contributed by atoms with Crippen LogP contribution in [0.3, 0.4) is 0 Å². The maximum Gasteiger partial charge on any atom is 0.315 e. The first-order valence-electron chi connectivity index (χ1n) is 7.34. The molecule has 6 heteroatoms. The minimum Gasteiger partial charge on any atom is -0.337 e. The lowest BCUT2D eigenvalue weighted by atomic mass is 9.84. The highest BCUT2D eigenvalue weighted by Crippen LogP contribution is 2.27. The van der Waals surface area contributed by atoms with Gasteiger partial charge in [-0.2, -0.15) is 0 Å². The fourth-order valence-electron chi connectivity index (χ4n) is 2.29.